The van der Waals surface area contributed by atoms with Crippen LogP contribution in [0.25, 0.3) is 0 Å². The van der Waals surface area contributed by atoms with E-state index in [1.54, 1.807) is 36.4 Å². The van der Waals surface area contributed by atoms with E-state index in [1.165, 1.54) is 4.31 Å². The van der Waals surface area contributed by atoms with Crippen molar-refractivity contribution < 1.29 is 17.9 Å². The summed E-state index contributed by atoms with van der Waals surface area (Å²) >= 11 is 0. The van der Waals surface area contributed by atoms with Crippen LogP contribution in [0.4, 0.5) is 5.69 Å². The third kappa shape index (κ3) is 5.72. The van der Waals surface area contributed by atoms with E-state index in [1.807, 2.05) is 32.9 Å². The van der Waals surface area contributed by atoms with Crippen molar-refractivity contribution in [2.24, 2.45) is 0 Å². The van der Waals surface area contributed by atoms with Gasteiger partial charge in [0.05, 0.1) is 24.6 Å². The lowest BCUT2D eigenvalue weighted by Crippen LogP contribution is -2.38. The Morgan fingerprint density at radius 2 is 1.74 bits per heavy atom. The molecule has 0 aliphatic heterocycles. The van der Waals surface area contributed by atoms with Crippen LogP contribution in [-0.2, 0) is 10.0 Å². The number of carbonyl (C=O) groups is 1. The summed E-state index contributed by atoms with van der Waals surface area (Å²) in [6.45, 7) is 5.90. The third-order valence-corrected chi connectivity index (χ3v) is 5.07. The number of sulfonamides is 1. The monoisotopic (exact) mass is 390 g/mol. The van der Waals surface area contributed by atoms with Crippen molar-refractivity contribution in [1.82, 2.24) is 5.32 Å². The second-order valence-corrected chi connectivity index (χ2v) is 8.45. The molecule has 0 saturated carbocycles. The van der Waals surface area contributed by atoms with E-state index in [2.05, 4.69) is 5.32 Å². The smallest absolute Gasteiger partial charge is 0.251 e. The van der Waals surface area contributed by atoms with E-state index in [9.17, 15) is 13.2 Å². The number of ether oxygens (including phenoxy) is 1. The highest BCUT2D eigenvalue weighted by Gasteiger charge is 2.21. The van der Waals surface area contributed by atoms with Crippen molar-refractivity contribution in [3.8, 4) is 5.75 Å². The van der Waals surface area contributed by atoms with Gasteiger partial charge in [0, 0.05) is 12.1 Å². The van der Waals surface area contributed by atoms with Gasteiger partial charge in [-0.15, -0.1) is 0 Å². The Kier molecular flexibility index (Phi) is 6.85. The van der Waals surface area contributed by atoms with Crippen LogP contribution in [0.15, 0.2) is 48.5 Å². The third-order valence-electron chi connectivity index (χ3n) is 3.89. The fraction of sp³-hybridized carbons (Fsp3) is 0.350. The molecule has 0 aliphatic carbocycles. The number of carbonyl (C=O) groups excluding carboxylic acids is 1. The van der Waals surface area contributed by atoms with Crippen molar-refractivity contribution in [2.75, 3.05) is 23.7 Å². The van der Waals surface area contributed by atoms with Gasteiger partial charge >= 0.3 is 0 Å². The highest BCUT2D eigenvalue weighted by atomic mass is 32.2. The van der Waals surface area contributed by atoms with E-state index in [0.29, 0.717) is 17.0 Å². The molecule has 0 bridgehead atoms. The number of para-hydroxylation sites is 2. The SMILES string of the molecule is Cc1ccccc1C(=O)NCCN(c1ccccc1OC(C)C)S(C)(=O)=O. The molecule has 0 spiro atoms. The molecular formula is C20H26N2O4S. The molecule has 0 aromatic heterocycles. The fourth-order valence-electron chi connectivity index (χ4n) is 2.68. The van der Waals surface area contributed by atoms with Crippen molar-refractivity contribution in [3.05, 3.63) is 59.7 Å². The first-order valence-corrected chi connectivity index (χ1v) is 10.6. The molecule has 2 aromatic carbocycles. The van der Waals surface area contributed by atoms with Crippen LogP contribution in [0.5, 0.6) is 5.75 Å². The van der Waals surface area contributed by atoms with Crippen molar-refractivity contribution in [3.63, 3.8) is 0 Å². The second kappa shape index (κ2) is 8.90. The molecular weight excluding hydrogens is 364 g/mol. The van der Waals surface area contributed by atoms with Gasteiger partial charge in [-0.25, -0.2) is 8.42 Å². The summed E-state index contributed by atoms with van der Waals surface area (Å²) in [6, 6.07) is 14.2. The highest BCUT2D eigenvalue weighted by molar-refractivity contribution is 7.92. The average Bonchev–Trinajstić information content (AvgIpc) is 2.58. The van der Waals surface area contributed by atoms with Gasteiger partial charge in [0.25, 0.3) is 5.91 Å². The molecule has 0 heterocycles. The van der Waals surface area contributed by atoms with Crippen LogP contribution in [0.1, 0.15) is 29.8 Å². The Hall–Kier alpha value is -2.54. The Bertz CT molecular complexity index is 894. The lowest BCUT2D eigenvalue weighted by Gasteiger charge is -2.25. The van der Waals surface area contributed by atoms with Crippen molar-refractivity contribution >= 4 is 21.6 Å². The van der Waals surface area contributed by atoms with Crippen LogP contribution >= 0.6 is 0 Å². The molecule has 7 heteroatoms. The van der Waals surface area contributed by atoms with E-state index in [-0.39, 0.29) is 25.1 Å². The predicted octanol–water partition coefficient (Wildman–Crippen LogP) is 2.98. The lowest BCUT2D eigenvalue weighted by molar-refractivity contribution is 0.0954. The summed E-state index contributed by atoms with van der Waals surface area (Å²) in [7, 11) is -3.54. The quantitative estimate of drug-likeness (QED) is 0.752. The summed E-state index contributed by atoms with van der Waals surface area (Å²) in [6.07, 6.45) is 1.05. The molecule has 1 N–H and O–H groups in total. The van der Waals surface area contributed by atoms with Gasteiger partial charge in [-0.1, -0.05) is 30.3 Å². The number of rotatable bonds is 8. The minimum absolute atomic E-state index is 0.0895. The Labute approximate surface area is 161 Å². The first-order chi connectivity index (χ1) is 12.7. The normalized spacial score (nSPS) is 11.3. The molecule has 0 radical (unpaired) electrons. The zero-order valence-corrected chi connectivity index (χ0v) is 16.9. The minimum atomic E-state index is -3.54. The number of benzene rings is 2. The second-order valence-electron chi connectivity index (χ2n) is 6.54. The van der Waals surface area contributed by atoms with Crippen LogP contribution in [0, 0.1) is 6.92 Å². The van der Waals surface area contributed by atoms with Crippen LogP contribution < -0.4 is 14.4 Å². The van der Waals surface area contributed by atoms with Gasteiger partial charge < -0.3 is 10.1 Å². The predicted molar refractivity (Wildman–Crippen MR) is 108 cm³/mol. The van der Waals surface area contributed by atoms with E-state index in [0.717, 1.165) is 11.8 Å². The summed E-state index contributed by atoms with van der Waals surface area (Å²) in [5.74, 6) is 0.261. The van der Waals surface area contributed by atoms with Gasteiger partial charge in [0.2, 0.25) is 10.0 Å². The Morgan fingerprint density at radius 1 is 1.11 bits per heavy atom. The molecule has 2 aromatic rings. The molecule has 146 valence electrons. The van der Waals surface area contributed by atoms with E-state index < -0.39 is 10.0 Å². The molecule has 0 unspecified atom stereocenters. The maximum atomic E-state index is 12.3. The number of nitrogens with one attached hydrogen (secondary N) is 1. The maximum Gasteiger partial charge on any atom is 0.251 e. The van der Waals surface area contributed by atoms with Gasteiger partial charge in [-0.05, 0) is 44.5 Å². The van der Waals surface area contributed by atoms with Crippen LogP contribution in [0.3, 0.4) is 0 Å². The first-order valence-electron chi connectivity index (χ1n) is 8.77. The zero-order chi connectivity index (χ0) is 20.0. The minimum Gasteiger partial charge on any atom is -0.489 e. The summed E-state index contributed by atoms with van der Waals surface area (Å²) in [5.41, 5.74) is 1.90. The fourth-order valence-corrected chi connectivity index (χ4v) is 3.61. The molecule has 2 rings (SSSR count). The van der Waals surface area contributed by atoms with Gasteiger partial charge in [-0.3, -0.25) is 9.10 Å². The number of aryl methyl sites for hydroxylation is 1. The average molecular weight is 391 g/mol. The molecule has 0 fully saturated rings. The van der Waals surface area contributed by atoms with Crippen LogP contribution in [0.2, 0.25) is 0 Å². The lowest BCUT2D eigenvalue weighted by atomic mass is 10.1. The number of hydrogen-bond donors (Lipinski definition) is 1. The zero-order valence-electron chi connectivity index (χ0n) is 16.1. The molecule has 1 amide bonds. The van der Waals surface area contributed by atoms with Crippen molar-refractivity contribution in [1.29, 1.82) is 0 Å². The molecule has 27 heavy (non-hydrogen) atoms. The van der Waals surface area contributed by atoms with Crippen LogP contribution in [-0.4, -0.2) is 39.8 Å². The summed E-state index contributed by atoms with van der Waals surface area (Å²) in [5, 5.41) is 2.79. The largest absolute Gasteiger partial charge is 0.489 e. The Morgan fingerprint density at radius 3 is 2.37 bits per heavy atom. The van der Waals surface area contributed by atoms with Gasteiger partial charge in [0.1, 0.15) is 5.75 Å². The topological polar surface area (TPSA) is 75.7 Å². The number of hydrogen-bond acceptors (Lipinski definition) is 4. The first kappa shape index (κ1) is 20.8. The number of anilines is 1. The maximum absolute atomic E-state index is 12.3. The van der Waals surface area contributed by atoms with E-state index >= 15 is 0 Å². The summed E-state index contributed by atoms with van der Waals surface area (Å²) < 4.78 is 31.6. The number of nitrogens with zero attached hydrogens (tertiary/aromatic N) is 1. The molecule has 0 aliphatic rings. The van der Waals surface area contributed by atoms with Gasteiger partial charge in [0.15, 0.2) is 0 Å². The highest BCUT2D eigenvalue weighted by Crippen LogP contribution is 2.30. The molecule has 0 atom stereocenters. The number of amides is 1. The molecule has 6 nitrogen and oxygen atoms in total. The Balaban J connectivity index is 2.15. The standard InChI is InChI=1S/C20H26N2O4S/c1-15(2)26-19-12-8-7-11-18(19)22(27(4,24)25)14-13-21-20(23)17-10-6-5-9-16(17)3/h5-12,15H,13-14H2,1-4H3,(H,21,23). The molecule has 0 saturated heterocycles. The van der Waals surface area contributed by atoms with Gasteiger partial charge in [-0.2, -0.15) is 0 Å². The van der Waals surface area contributed by atoms with Crippen molar-refractivity contribution in [2.45, 2.75) is 26.9 Å². The summed E-state index contributed by atoms with van der Waals surface area (Å²) in [4.78, 5) is 12.3. The van der Waals surface area contributed by atoms with E-state index in [4.69, 9.17) is 4.74 Å².